The molecule has 2 heterocycles. The van der Waals surface area contributed by atoms with E-state index in [2.05, 4.69) is 39.1 Å². The molecule has 0 aliphatic heterocycles. The van der Waals surface area contributed by atoms with E-state index in [4.69, 9.17) is 4.98 Å². The van der Waals surface area contributed by atoms with Crippen LogP contribution in [0.2, 0.25) is 0 Å². The molecule has 0 amide bonds. The molecule has 0 spiro atoms. The molecule has 5 rings (SSSR count). The van der Waals surface area contributed by atoms with Crippen LogP contribution in [0.25, 0.3) is 21.3 Å². The SMILES string of the molecule is OC1CCCCC1Nc1nc2ccc(Cn3cnc4ccccc43)cc2s1. The highest BCUT2D eigenvalue weighted by atomic mass is 32.1. The number of fused-ring (bicyclic) bond motifs is 2. The van der Waals surface area contributed by atoms with Crippen molar-refractivity contribution < 1.29 is 5.11 Å². The van der Waals surface area contributed by atoms with E-state index >= 15 is 0 Å². The number of hydrogen-bond acceptors (Lipinski definition) is 5. The summed E-state index contributed by atoms with van der Waals surface area (Å²) in [5.41, 5.74) is 4.41. The van der Waals surface area contributed by atoms with Crippen LogP contribution in [0.4, 0.5) is 5.13 Å². The number of anilines is 1. The molecule has 2 atom stereocenters. The maximum atomic E-state index is 10.2. The average Bonchev–Trinajstić information content (AvgIpc) is 3.27. The number of nitrogens with one attached hydrogen (secondary N) is 1. The van der Waals surface area contributed by atoms with Gasteiger partial charge in [-0.3, -0.25) is 0 Å². The number of para-hydroxylation sites is 2. The Bertz CT molecular complexity index is 1090. The number of rotatable bonds is 4. The minimum atomic E-state index is -0.268. The van der Waals surface area contributed by atoms with E-state index in [1.54, 1.807) is 11.3 Å². The number of thiazole rings is 1. The lowest BCUT2D eigenvalue weighted by molar-refractivity contribution is 0.116. The summed E-state index contributed by atoms with van der Waals surface area (Å²) < 4.78 is 3.35. The van der Waals surface area contributed by atoms with Gasteiger partial charge in [0.1, 0.15) is 0 Å². The topological polar surface area (TPSA) is 63.0 Å². The van der Waals surface area contributed by atoms with E-state index in [-0.39, 0.29) is 12.1 Å². The Labute approximate surface area is 161 Å². The van der Waals surface area contributed by atoms with Crippen LogP contribution in [0.5, 0.6) is 0 Å². The van der Waals surface area contributed by atoms with Crippen LogP contribution in [0.1, 0.15) is 31.2 Å². The Hall–Kier alpha value is -2.44. The molecule has 2 N–H and O–H groups in total. The van der Waals surface area contributed by atoms with Crippen molar-refractivity contribution in [2.75, 3.05) is 5.32 Å². The summed E-state index contributed by atoms with van der Waals surface area (Å²) in [6, 6.07) is 14.8. The predicted molar refractivity (Wildman–Crippen MR) is 110 cm³/mol. The summed E-state index contributed by atoms with van der Waals surface area (Å²) in [4.78, 5) is 9.18. The largest absolute Gasteiger partial charge is 0.391 e. The van der Waals surface area contributed by atoms with Crippen LogP contribution in [0.3, 0.4) is 0 Å². The number of aromatic nitrogens is 3. The van der Waals surface area contributed by atoms with Crippen molar-refractivity contribution in [2.45, 2.75) is 44.4 Å². The number of hydrogen-bond donors (Lipinski definition) is 2. The molecule has 1 aliphatic rings. The molecule has 2 aromatic carbocycles. The number of nitrogens with zero attached hydrogens (tertiary/aromatic N) is 3. The molecule has 1 aliphatic carbocycles. The van der Waals surface area contributed by atoms with Crippen molar-refractivity contribution in [2.24, 2.45) is 0 Å². The minimum absolute atomic E-state index is 0.121. The highest BCUT2D eigenvalue weighted by Crippen LogP contribution is 2.30. The summed E-state index contributed by atoms with van der Waals surface area (Å²) in [5.74, 6) is 0. The van der Waals surface area contributed by atoms with Gasteiger partial charge in [-0.25, -0.2) is 9.97 Å². The molecule has 2 unspecified atom stereocenters. The second kappa shape index (κ2) is 6.94. The van der Waals surface area contributed by atoms with Crippen molar-refractivity contribution in [3.8, 4) is 0 Å². The number of benzene rings is 2. The van der Waals surface area contributed by atoms with Gasteiger partial charge in [0, 0.05) is 6.54 Å². The summed E-state index contributed by atoms with van der Waals surface area (Å²) in [7, 11) is 0. The zero-order chi connectivity index (χ0) is 18.2. The van der Waals surface area contributed by atoms with Crippen LogP contribution >= 0.6 is 11.3 Å². The molecule has 1 fully saturated rings. The normalized spacial score (nSPS) is 20.3. The first-order valence-corrected chi connectivity index (χ1v) is 10.3. The zero-order valence-electron chi connectivity index (χ0n) is 15.0. The van der Waals surface area contributed by atoms with Crippen LogP contribution < -0.4 is 5.32 Å². The van der Waals surface area contributed by atoms with E-state index < -0.39 is 0 Å². The Morgan fingerprint density at radius 1 is 1.11 bits per heavy atom. The first-order valence-electron chi connectivity index (χ1n) is 9.50. The van der Waals surface area contributed by atoms with Gasteiger partial charge in [-0.15, -0.1) is 0 Å². The monoisotopic (exact) mass is 378 g/mol. The molecule has 6 heteroatoms. The second-order valence-electron chi connectivity index (χ2n) is 7.28. The molecule has 4 aromatic rings. The van der Waals surface area contributed by atoms with E-state index in [0.717, 1.165) is 47.5 Å². The van der Waals surface area contributed by atoms with E-state index in [1.807, 2.05) is 24.5 Å². The van der Waals surface area contributed by atoms with E-state index in [0.29, 0.717) is 0 Å². The van der Waals surface area contributed by atoms with Crippen LogP contribution in [-0.4, -0.2) is 31.8 Å². The van der Waals surface area contributed by atoms with Gasteiger partial charge in [0.15, 0.2) is 5.13 Å². The highest BCUT2D eigenvalue weighted by molar-refractivity contribution is 7.22. The fraction of sp³-hybridized carbons (Fsp3) is 0.333. The van der Waals surface area contributed by atoms with E-state index in [9.17, 15) is 5.11 Å². The molecule has 27 heavy (non-hydrogen) atoms. The summed E-state index contributed by atoms with van der Waals surface area (Å²) in [6.07, 6.45) is 5.81. The molecular weight excluding hydrogens is 356 g/mol. The number of aliphatic hydroxyl groups excluding tert-OH is 1. The molecule has 0 radical (unpaired) electrons. The van der Waals surface area contributed by atoms with Crippen molar-refractivity contribution in [3.63, 3.8) is 0 Å². The standard InChI is InChI=1S/C21H22N4OS/c26-19-8-4-2-6-16(19)23-21-24-17-10-9-14(11-20(17)27-21)12-25-13-22-15-5-1-3-7-18(15)25/h1,3,5,7,9-11,13,16,19,26H,2,4,6,8,12H2,(H,23,24). The Kier molecular flexibility index (Phi) is 4.30. The average molecular weight is 379 g/mol. The van der Waals surface area contributed by atoms with Gasteiger partial charge in [0.2, 0.25) is 0 Å². The zero-order valence-corrected chi connectivity index (χ0v) is 15.8. The fourth-order valence-electron chi connectivity index (χ4n) is 3.90. The van der Waals surface area contributed by atoms with Crippen molar-refractivity contribution in [1.82, 2.24) is 14.5 Å². The minimum Gasteiger partial charge on any atom is -0.391 e. The lowest BCUT2D eigenvalue weighted by Crippen LogP contribution is -2.36. The first-order chi connectivity index (χ1) is 13.3. The summed E-state index contributed by atoms with van der Waals surface area (Å²) in [6.45, 7) is 0.790. The van der Waals surface area contributed by atoms with Crippen molar-refractivity contribution >= 4 is 37.7 Å². The molecule has 138 valence electrons. The van der Waals surface area contributed by atoms with Crippen molar-refractivity contribution in [3.05, 3.63) is 54.4 Å². The van der Waals surface area contributed by atoms with Crippen molar-refractivity contribution in [1.29, 1.82) is 0 Å². The quantitative estimate of drug-likeness (QED) is 0.552. The van der Waals surface area contributed by atoms with Crippen LogP contribution in [-0.2, 0) is 6.54 Å². The first kappa shape index (κ1) is 16.7. The number of aliphatic hydroxyl groups is 1. The third kappa shape index (κ3) is 3.31. The Balaban J connectivity index is 1.39. The third-order valence-electron chi connectivity index (χ3n) is 5.37. The summed E-state index contributed by atoms with van der Waals surface area (Å²) >= 11 is 1.67. The Morgan fingerprint density at radius 2 is 2.00 bits per heavy atom. The molecule has 0 saturated heterocycles. The van der Waals surface area contributed by atoms with Gasteiger partial charge >= 0.3 is 0 Å². The van der Waals surface area contributed by atoms with Gasteiger partial charge in [-0.2, -0.15) is 0 Å². The molecule has 2 aromatic heterocycles. The molecule has 0 bridgehead atoms. The van der Waals surface area contributed by atoms with Gasteiger partial charge < -0.3 is 15.0 Å². The molecule has 5 nitrogen and oxygen atoms in total. The maximum Gasteiger partial charge on any atom is 0.184 e. The Morgan fingerprint density at radius 3 is 2.93 bits per heavy atom. The number of imidazole rings is 1. The van der Waals surface area contributed by atoms with Gasteiger partial charge in [-0.05, 0) is 42.7 Å². The van der Waals surface area contributed by atoms with Crippen LogP contribution in [0, 0.1) is 0 Å². The van der Waals surface area contributed by atoms with Crippen LogP contribution in [0.15, 0.2) is 48.8 Å². The smallest absolute Gasteiger partial charge is 0.184 e. The molecular formula is C21H22N4OS. The van der Waals surface area contributed by atoms with Gasteiger partial charge in [0.05, 0.1) is 39.7 Å². The second-order valence-corrected chi connectivity index (χ2v) is 8.32. The highest BCUT2D eigenvalue weighted by Gasteiger charge is 2.23. The van der Waals surface area contributed by atoms with Gasteiger partial charge in [0.25, 0.3) is 0 Å². The lowest BCUT2D eigenvalue weighted by atomic mass is 9.93. The maximum absolute atomic E-state index is 10.2. The molecule has 1 saturated carbocycles. The van der Waals surface area contributed by atoms with Gasteiger partial charge in [-0.1, -0.05) is 42.4 Å². The third-order valence-corrected chi connectivity index (χ3v) is 6.32. The lowest BCUT2D eigenvalue weighted by Gasteiger charge is -2.27. The predicted octanol–water partition coefficient (Wildman–Crippen LogP) is 4.41. The summed E-state index contributed by atoms with van der Waals surface area (Å²) in [5, 5.41) is 14.5. The fourth-order valence-corrected chi connectivity index (χ4v) is 4.89. The van der Waals surface area contributed by atoms with E-state index in [1.165, 1.54) is 16.7 Å².